The zero-order valence-corrected chi connectivity index (χ0v) is 8.67. The van der Waals surface area contributed by atoms with E-state index in [1.54, 1.807) is 0 Å². The quantitative estimate of drug-likeness (QED) is 0.600. The van der Waals surface area contributed by atoms with Gasteiger partial charge in [0.1, 0.15) is 6.10 Å². The number of nitrogens with zero attached hydrogens (tertiary/aromatic N) is 1. The lowest BCUT2D eigenvalue weighted by atomic mass is 10.0. The van der Waals surface area contributed by atoms with E-state index in [1.807, 2.05) is 24.3 Å². The van der Waals surface area contributed by atoms with Crippen molar-refractivity contribution in [1.82, 2.24) is 10.2 Å². The van der Waals surface area contributed by atoms with Crippen LogP contribution in [0, 0.1) is 0 Å². The van der Waals surface area contributed by atoms with Gasteiger partial charge in [-0.3, -0.25) is 5.10 Å². The smallest absolute Gasteiger partial charge is 0.122 e. The molecule has 2 aromatic rings. The molecule has 0 fully saturated rings. The molecule has 1 heterocycles. The van der Waals surface area contributed by atoms with Crippen LogP contribution in [0.25, 0.3) is 10.9 Å². The highest BCUT2D eigenvalue weighted by Crippen LogP contribution is 2.24. The summed E-state index contributed by atoms with van der Waals surface area (Å²) < 4.78 is 0. The molecule has 2 rings (SSSR count). The molecular weight excluding hydrogens is 208 g/mol. The van der Waals surface area contributed by atoms with Crippen LogP contribution in [0.5, 0.6) is 0 Å². The number of H-pyrrole nitrogens is 1. The number of para-hydroxylation sites is 1. The molecule has 0 saturated heterocycles. The van der Waals surface area contributed by atoms with Crippen LogP contribution in [0.3, 0.4) is 0 Å². The highest BCUT2D eigenvalue weighted by atomic mass is 16.3. The van der Waals surface area contributed by atoms with Crippen molar-refractivity contribution in [3.8, 4) is 0 Å². The van der Waals surface area contributed by atoms with Crippen LogP contribution in [0.1, 0.15) is 18.2 Å². The lowest BCUT2D eigenvalue weighted by Crippen LogP contribution is -2.20. The molecule has 0 aliphatic carbocycles. The van der Waals surface area contributed by atoms with Crippen molar-refractivity contribution in [2.45, 2.75) is 18.6 Å². The van der Waals surface area contributed by atoms with E-state index in [0.717, 1.165) is 10.9 Å². The minimum atomic E-state index is -1.06. The van der Waals surface area contributed by atoms with E-state index in [0.29, 0.717) is 5.69 Å². The monoisotopic (exact) mass is 222 g/mol. The molecule has 2 unspecified atom stereocenters. The molecule has 5 nitrogen and oxygen atoms in total. The van der Waals surface area contributed by atoms with E-state index < -0.39 is 12.2 Å². The second-order valence-corrected chi connectivity index (χ2v) is 3.68. The maximum atomic E-state index is 9.87. The van der Waals surface area contributed by atoms with Crippen molar-refractivity contribution in [3.05, 3.63) is 30.0 Å². The first-order chi connectivity index (χ1) is 7.74. The molecule has 1 aromatic carbocycles. The Morgan fingerprint density at radius 2 is 2.00 bits per heavy atom. The molecule has 1 aromatic heterocycles. The molecule has 0 aliphatic heterocycles. The van der Waals surface area contributed by atoms with E-state index >= 15 is 0 Å². The fourth-order valence-electron chi connectivity index (χ4n) is 1.69. The third kappa shape index (κ3) is 1.92. The summed E-state index contributed by atoms with van der Waals surface area (Å²) in [6.07, 6.45) is -1.91. The number of rotatable bonds is 4. The maximum Gasteiger partial charge on any atom is 0.122 e. The number of aromatic amines is 1. The van der Waals surface area contributed by atoms with Crippen molar-refractivity contribution in [2.75, 3.05) is 6.61 Å². The third-order valence-electron chi connectivity index (χ3n) is 2.58. The average Bonchev–Trinajstić information content (AvgIpc) is 2.72. The Bertz CT molecular complexity index is 469. The number of aliphatic hydroxyl groups is 3. The van der Waals surface area contributed by atoms with Gasteiger partial charge in [0.2, 0.25) is 0 Å². The summed E-state index contributed by atoms with van der Waals surface area (Å²) in [4.78, 5) is 0. The van der Waals surface area contributed by atoms with Crippen molar-refractivity contribution in [2.24, 2.45) is 0 Å². The molecule has 4 N–H and O–H groups in total. The van der Waals surface area contributed by atoms with Crippen LogP contribution in [-0.4, -0.2) is 38.2 Å². The minimum absolute atomic E-state index is 0.133. The zero-order valence-electron chi connectivity index (χ0n) is 8.67. The lowest BCUT2D eigenvalue weighted by Gasteiger charge is -2.15. The predicted octanol–water partition coefficient (Wildman–Crippen LogP) is 0.340. The Kier molecular flexibility index (Phi) is 3.19. The Hall–Kier alpha value is -1.43. The molecular formula is C11H14N2O3. The summed E-state index contributed by atoms with van der Waals surface area (Å²) in [5.41, 5.74) is 1.23. The van der Waals surface area contributed by atoms with Gasteiger partial charge in [0, 0.05) is 12.0 Å². The summed E-state index contributed by atoms with van der Waals surface area (Å²) in [7, 11) is 0. The zero-order chi connectivity index (χ0) is 11.5. The average molecular weight is 222 g/mol. The fraction of sp³-hybridized carbons (Fsp3) is 0.364. The Morgan fingerprint density at radius 3 is 2.75 bits per heavy atom. The molecule has 0 radical (unpaired) electrons. The van der Waals surface area contributed by atoms with E-state index in [9.17, 15) is 10.2 Å². The SMILES string of the molecule is OCCC(O)C(O)c1[nH]nc2ccccc12. The van der Waals surface area contributed by atoms with Crippen molar-refractivity contribution >= 4 is 10.9 Å². The molecule has 0 bridgehead atoms. The molecule has 0 amide bonds. The van der Waals surface area contributed by atoms with Crippen LogP contribution in [0.15, 0.2) is 24.3 Å². The van der Waals surface area contributed by atoms with E-state index in [2.05, 4.69) is 10.2 Å². The summed E-state index contributed by atoms with van der Waals surface area (Å²) in [5, 5.41) is 35.7. The number of aliphatic hydroxyl groups excluding tert-OH is 3. The van der Waals surface area contributed by atoms with E-state index in [-0.39, 0.29) is 13.0 Å². The Labute approximate surface area is 92.4 Å². The van der Waals surface area contributed by atoms with Crippen LogP contribution in [0.4, 0.5) is 0 Å². The number of hydrogen-bond donors (Lipinski definition) is 4. The van der Waals surface area contributed by atoms with Gasteiger partial charge in [-0.15, -0.1) is 0 Å². The van der Waals surface area contributed by atoms with E-state index in [1.165, 1.54) is 0 Å². The standard InChI is InChI=1S/C11H14N2O3/c14-6-5-9(15)11(16)10-7-3-1-2-4-8(7)12-13-10/h1-4,9,11,14-16H,5-6H2,(H,12,13). The molecule has 0 aliphatic rings. The maximum absolute atomic E-state index is 9.87. The highest BCUT2D eigenvalue weighted by Gasteiger charge is 2.21. The molecule has 0 spiro atoms. The molecule has 0 saturated carbocycles. The number of nitrogens with one attached hydrogen (secondary N) is 1. The minimum Gasteiger partial charge on any atom is -0.396 e. The van der Waals surface area contributed by atoms with Gasteiger partial charge in [-0.25, -0.2) is 0 Å². The van der Waals surface area contributed by atoms with Gasteiger partial charge in [-0.2, -0.15) is 5.10 Å². The summed E-state index contributed by atoms with van der Waals surface area (Å²) >= 11 is 0. The topological polar surface area (TPSA) is 89.4 Å². The molecule has 16 heavy (non-hydrogen) atoms. The van der Waals surface area contributed by atoms with Gasteiger partial charge in [-0.1, -0.05) is 18.2 Å². The first-order valence-corrected chi connectivity index (χ1v) is 5.14. The molecule has 5 heteroatoms. The van der Waals surface area contributed by atoms with Crippen molar-refractivity contribution in [1.29, 1.82) is 0 Å². The van der Waals surface area contributed by atoms with E-state index in [4.69, 9.17) is 5.11 Å². The van der Waals surface area contributed by atoms with Gasteiger partial charge in [0.05, 0.1) is 17.3 Å². The fourth-order valence-corrected chi connectivity index (χ4v) is 1.69. The largest absolute Gasteiger partial charge is 0.396 e. The van der Waals surface area contributed by atoms with Crippen LogP contribution < -0.4 is 0 Å². The summed E-state index contributed by atoms with van der Waals surface area (Å²) in [6.45, 7) is -0.162. The van der Waals surface area contributed by atoms with Crippen molar-refractivity contribution < 1.29 is 15.3 Å². The van der Waals surface area contributed by atoms with Gasteiger partial charge >= 0.3 is 0 Å². The second-order valence-electron chi connectivity index (χ2n) is 3.68. The second kappa shape index (κ2) is 4.61. The molecule has 86 valence electrons. The van der Waals surface area contributed by atoms with Crippen LogP contribution in [-0.2, 0) is 0 Å². The molecule has 2 atom stereocenters. The van der Waals surface area contributed by atoms with Gasteiger partial charge in [-0.05, 0) is 12.5 Å². The lowest BCUT2D eigenvalue weighted by molar-refractivity contribution is 0.00264. The third-order valence-corrected chi connectivity index (χ3v) is 2.58. The number of aromatic nitrogens is 2. The highest BCUT2D eigenvalue weighted by molar-refractivity contribution is 5.81. The van der Waals surface area contributed by atoms with Crippen LogP contribution >= 0.6 is 0 Å². The van der Waals surface area contributed by atoms with Crippen molar-refractivity contribution in [3.63, 3.8) is 0 Å². The normalized spacial score (nSPS) is 15.2. The Balaban J connectivity index is 2.32. The van der Waals surface area contributed by atoms with Gasteiger partial charge in [0.15, 0.2) is 0 Å². The summed E-state index contributed by atoms with van der Waals surface area (Å²) in [6, 6.07) is 7.33. The van der Waals surface area contributed by atoms with Gasteiger partial charge in [0.25, 0.3) is 0 Å². The Morgan fingerprint density at radius 1 is 1.25 bits per heavy atom. The first-order valence-electron chi connectivity index (χ1n) is 5.14. The number of fused-ring (bicyclic) bond motifs is 1. The number of benzene rings is 1. The summed E-state index contributed by atoms with van der Waals surface area (Å²) in [5.74, 6) is 0. The number of hydrogen-bond acceptors (Lipinski definition) is 4. The predicted molar refractivity (Wildman–Crippen MR) is 58.8 cm³/mol. The first kappa shape index (κ1) is 11.1. The van der Waals surface area contributed by atoms with Gasteiger partial charge < -0.3 is 15.3 Å². The van der Waals surface area contributed by atoms with Crippen LogP contribution in [0.2, 0.25) is 0 Å².